The van der Waals surface area contributed by atoms with Gasteiger partial charge in [0.1, 0.15) is 11.3 Å². The minimum absolute atomic E-state index is 0.0179. The second kappa shape index (κ2) is 8.34. The molecule has 0 aliphatic carbocycles. The fourth-order valence-electron chi connectivity index (χ4n) is 2.74. The number of urea groups is 1. The summed E-state index contributed by atoms with van der Waals surface area (Å²) in [5.74, 6) is -1.25. The van der Waals surface area contributed by atoms with Crippen molar-refractivity contribution in [2.24, 2.45) is 0 Å². The van der Waals surface area contributed by atoms with E-state index in [0.29, 0.717) is 22.8 Å². The number of nitro benzene ring substituents is 1. The van der Waals surface area contributed by atoms with Crippen molar-refractivity contribution < 1.29 is 24.0 Å². The van der Waals surface area contributed by atoms with Crippen LogP contribution in [0.2, 0.25) is 0 Å². The van der Waals surface area contributed by atoms with E-state index in [1.807, 2.05) is 6.92 Å². The summed E-state index contributed by atoms with van der Waals surface area (Å²) in [4.78, 5) is 48.5. The predicted molar refractivity (Wildman–Crippen MR) is 104 cm³/mol. The first kappa shape index (κ1) is 19.7. The predicted octanol–water partition coefficient (Wildman–Crippen LogP) is 3.05. The molecule has 2 aromatic rings. The van der Waals surface area contributed by atoms with Gasteiger partial charge in [0.05, 0.1) is 17.2 Å². The van der Waals surface area contributed by atoms with Crippen LogP contribution in [0.4, 0.5) is 16.2 Å². The lowest BCUT2D eigenvalue weighted by molar-refractivity contribution is -0.384. The van der Waals surface area contributed by atoms with E-state index in [1.165, 1.54) is 24.3 Å². The van der Waals surface area contributed by atoms with Crippen molar-refractivity contribution in [1.29, 1.82) is 0 Å². The molecule has 2 aromatic carbocycles. The summed E-state index contributed by atoms with van der Waals surface area (Å²) in [5.41, 5.74) is -0.101. The van der Waals surface area contributed by atoms with Gasteiger partial charge in [-0.3, -0.25) is 25.0 Å². The third-order valence-electron chi connectivity index (χ3n) is 4.08. The third-order valence-corrected chi connectivity index (χ3v) is 4.08. The Kier molecular flexibility index (Phi) is 5.68. The highest BCUT2D eigenvalue weighted by Gasteiger charge is 2.37. The standard InChI is InChI=1S/C20H17N3O6/c1-2-10-29-17-9-4-3-6-13(17)11-16-18(24)21-20(26)22(19(16)25)14-7-5-8-15(12-14)23(27)28/h3-9,11-12H,2,10H2,1H3,(H,21,24,26)/b16-11+. The fourth-order valence-corrected chi connectivity index (χ4v) is 2.74. The number of nitrogens with zero attached hydrogens (tertiary/aromatic N) is 2. The number of amides is 4. The molecule has 1 saturated heterocycles. The van der Waals surface area contributed by atoms with Gasteiger partial charge in [0.25, 0.3) is 17.5 Å². The Bertz CT molecular complexity index is 1030. The number of hydrogen-bond donors (Lipinski definition) is 1. The van der Waals surface area contributed by atoms with Crippen LogP contribution in [-0.2, 0) is 9.59 Å². The van der Waals surface area contributed by atoms with Crippen LogP contribution in [0, 0.1) is 10.1 Å². The second-order valence-electron chi connectivity index (χ2n) is 6.12. The molecule has 0 atom stereocenters. The van der Waals surface area contributed by atoms with Gasteiger partial charge in [0, 0.05) is 17.7 Å². The van der Waals surface area contributed by atoms with Crippen LogP contribution in [0.5, 0.6) is 5.75 Å². The van der Waals surface area contributed by atoms with Gasteiger partial charge >= 0.3 is 6.03 Å². The van der Waals surface area contributed by atoms with Crippen LogP contribution in [0.25, 0.3) is 6.08 Å². The molecule has 0 unspecified atom stereocenters. The second-order valence-corrected chi connectivity index (χ2v) is 6.12. The van der Waals surface area contributed by atoms with Crippen molar-refractivity contribution >= 4 is 35.3 Å². The monoisotopic (exact) mass is 395 g/mol. The van der Waals surface area contributed by atoms with Crippen molar-refractivity contribution in [3.63, 3.8) is 0 Å². The van der Waals surface area contributed by atoms with Crippen LogP contribution >= 0.6 is 0 Å². The molecule has 4 amide bonds. The average molecular weight is 395 g/mol. The largest absolute Gasteiger partial charge is 0.493 e. The van der Waals surface area contributed by atoms with Crippen molar-refractivity contribution in [2.75, 3.05) is 11.5 Å². The number of carbonyl (C=O) groups is 3. The van der Waals surface area contributed by atoms with E-state index in [4.69, 9.17) is 4.74 Å². The summed E-state index contributed by atoms with van der Waals surface area (Å²) in [6, 6.07) is 10.9. The lowest BCUT2D eigenvalue weighted by Gasteiger charge is -2.26. The highest BCUT2D eigenvalue weighted by Crippen LogP contribution is 2.27. The molecule has 0 aromatic heterocycles. The van der Waals surface area contributed by atoms with Crippen LogP contribution in [0.3, 0.4) is 0 Å². The van der Waals surface area contributed by atoms with E-state index in [1.54, 1.807) is 24.3 Å². The number of nitro groups is 1. The molecule has 29 heavy (non-hydrogen) atoms. The molecule has 0 spiro atoms. The molecule has 9 nitrogen and oxygen atoms in total. The number of anilines is 1. The highest BCUT2D eigenvalue weighted by atomic mass is 16.6. The first-order valence-electron chi connectivity index (χ1n) is 8.80. The van der Waals surface area contributed by atoms with Gasteiger partial charge in [0.15, 0.2) is 0 Å². The Morgan fingerprint density at radius 3 is 2.62 bits per heavy atom. The smallest absolute Gasteiger partial charge is 0.335 e. The number of hydrogen-bond acceptors (Lipinski definition) is 6. The van der Waals surface area contributed by atoms with Gasteiger partial charge in [0.2, 0.25) is 0 Å². The molecule has 0 bridgehead atoms. The van der Waals surface area contributed by atoms with Crippen LogP contribution in [0.1, 0.15) is 18.9 Å². The van der Waals surface area contributed by atoms with Gasteiger partial charge in [-0.05, 0) is 24.6 Å². The molecule has 148 valence electrons. The number of non-ortho nitro benzene ring substituents is 1. The van der Waals surface area contributed by atoms with Crippen LogP contribution < -0.4 is 15.0 Å². The van der Waals surface area contributed by atoms with Crippen molar-refractivity contribution in [2.45, 2.75) is 13.3 Å². The normalized spacial score (nSPS) is 15.4. The molecule has 1 fully saturated rings. The number of barbiturate groups is 1. The zero-order chi connectivity index (χ0) is 21.0. The number of benzene rings is 2. The summed E-state index contributed by atoms with van der Waals surface area (Å²) in [6.07, 6.45) is 2.11. The van der Waals surface area contributed by atoms with E-state index in [2.05, 4.69) is 5.32 Å². The zero-order valence-electron chi connectivity index (χ0n) is 15.5. The van der Waals surface area contributed by atoms with Gasteiger partial charge in [-0.25, -0.2) is 9.69 Å². The summed E-state index contributed by atoms with van der Waals surface area (Å²) < 4.78 is 5.63. The zero-order valence-corrected chi connectivity index (χ0v) is 15.5. The van der Waals surface area contributed by atoms with E-state index >= 15 is 0 Å². The van der Waals surface area contributed by atoms with Crippen molar-refractivity contribution in [3.05, 3.63) is 69.8 Å². The number of ether oxygens (including phenoxy) is 1. The van der Waals surface area contributed by atoms with Gasteiger partial charge in [-0.15, -0.1) is 0 Å². The van der Waals surface area contributed by atoms with Gasteiger partial charge in [-0.1, -0.05) is 31.2 Å². The van der Waals surface area contributed by atoms with E-state index in [9.17, 15) is 24.5 Å². The Hall–Kier alpha value is -4.01. The lowest BCUT2D eigenvalue weighted by atomic mass is 10.1. The highest BCUT2D eigenvalue weighted by molar-refractivity contribution is 6.39. The first-order chi connectivity index (χ1) is 13.9. The van der Waals surface area contributed by atoms with E-state index in [-0.39, 0.29) is 16.9 Å². The maximum Gasteiger partial charge on any atom is 0.335 e. The molecule has 0 saturated carbocycles. The molecule has 1 aliphatic rings. The summed E-state index contributed by atoms with van der Waals surface area (Å²) >= 11 is 0. The fraction of sp³-hybridized carbons (Fsp3) is 0.150. The number of para-hydroxylation sites is 1. The Labute approximate surface area is 165 Å². The number of carbonyl (C=O) groups excluding carboxylic acids is 3. The van der Waals surface area contributed by atoms with Crippen molar-refractivity contribution in [1.82, 2.24) is 5.32 Å². The van der Waals surface area contributed by atoms with Crippen LogP contribution in [0.15, 0.2) is 54.1 Å². The molecule has 1 aliphatic heterocycles. The average Bonchev–Trinajstić information content (AvgIpc) is 2.70. The first-order valence-corrected chi connectivity index (χ1v) is 8.80. The maximum absolute atomic E-state index is 12.9. The lowest BCUT2D eigenvalue weighted by Crippen LogP contribution is -2.54. The quantitative estimate of drug-likeness (QED) is 0.347. The SMILES string of the molecule is CCCOc1ccccc1/C=C1\C(=O)NC(=O)N(c2cccc([N+](=O)[O-])c2)C1=O. The molecule has 3 rings (SSSR count). The molecule has 1 N–H and O–H groups in total. The van der Waals surface area contributed by atoms with Gasteiger partial charge < -0.3 is 4.74 Å². The summed E-state index contributed by atoms with van der Waals surface area (Å²) in [7, 11) is 0. The number of rotatable bonds is 6. The minimum Gasteiger partial charge on any atom is -0.493 e. The van der Waals surface area contributed by atoms with Crippen molar-refractivity contribution in [3.8, 4) is 5.75 Å². The minimum atomic E-state index is -0.979. The Balaban J connectivity index is 2.01. The molecular formula is C20H17N3O6. The molecule has 1 heterocycles. The topological polar surface area (TPSA) is 119 Å². The Morgan fingerprint density at radius 2 is 1.90 bits per heavy atom. The maximum atomic E-state index is 12.9. The Morgan fingerprint density at radius 1 is 1.14 bits per heavy atom. The van der Waals surface area contributed by atoms with Gasteiger partial charge in [-0.2, -0.15) is 0 Å². The molecule has 0 radical (unpaired) electrons. The third kappa shape index (κ3) is 4.13. The van der Waals surface area contributed by atoms with E-state index in [0.717, 1.165) is 12.5 Å². The molecular weight excluding hydrogens is 378 g/mol. The molecule has 9 heteroatoms. The summed E-state index contributed by atoms with van der Waals surface area (Å²) in [6.45, 7) is 2.40. The summed E-state index contributed by atoms with van der Waals surface area (Å²) in [5, 5.41) is 13.1. The number of nitrogens with one attached hydrogen (secondary N) is 1. The van der Waals surface area contributed by atoms with Crippen LogP contribution in [-0.4, -0.2) is 29.4 Å². The number of imide groups is 2. The van der Waals surface area contributed by atoms with E-state index < -0.39 is 22.8 Å².